The van der Waals surface area contributed by atoms with Crippen LogP contribution in [0.1, 0.15) is 31.6 Å². The molecule has 15 heavy (non-hydrogen) atoms. The van der Waals surface area contributed by atoms with Gasteiger partial charge in [0.1, 0.15) is 0 Å². The molecule has 1 aromatic heterocycles. The van der Waals surface area contributed by atoms with E-state index in [9.17, 15) is 4.79 Å². The molecule has 1 heterocycles. The minimum absolute atomic E-state index is 0.422. The standard InChI is InChI=1S/C8H12N4O2S/c1-5(8(13)14)15-4-7-9-10-11-12(7)6-2-3-6/h5-6H,2-4H2,1H3,(H,13,14). The van der Waals surface area contributed by atoms with Crippen LogP contribution < -0.4 is 0 Å². The molecule has 1 aliphatic rings. The smallest absolute Gasteiger partial charge is 0.316 e. The first kappa shape index (κ1) is 10.4. The lowest BCUT2D eigenvalue weighted by Crippen LogP contribution is -2.12. The van der Waals surface area contributed by atoms with E-state index >= 15 is 0 Å². The summed E-state index contributed by atoms with van der Waals surface area (Å²) in [6.07, 6.45) is 2.24. The SMILES string of the molecule is CC(SCc1nnnn1C1CC1)C(=O)O. The molecule has 0 aliphatic heterocycles. The number of carbonyl (C=O) groups is 1. The fourth-order valence-corrected chi connectivity index (χ4v) is 1.91. The summed E-state index contributed by atoms with van der Waals surface area (Å²) in [6.45, 7) is 1.66. The predicted octanol–water partition coefficient (Wildman–Crippen LogP) is 0.714. The van der Waals surface area contributed by atoms with Gasteiger partial charge in [0.05, 0.1) is 17.0 Å². The molecule has 1 aliphatic carbocycles. The van der Waals surface area contributed by atoms with E-state index in [0.29, 0.717) is 11.8 Å². The molecular weight excluding hydrogens is 216 g/mol. The Kier molecular flexibility index (Phi) is 2.90. The molecule has 0 radical (unpaired) electrons. The first-order valence-electron chi connectivity index (χ1n) is 4.79. The molecule has 0 aromatic carbocycles. The van der Waals surface area contributed by atoms with Gasteiger partial charge in [-0.25, -0.2) is 4.68 Å². The van der Waals surface area contributed by atoms with E-state index in [1.807, 2.05) is 4.68 Å². The summed E-state index contributed by atoms with van der Waals surface area (Å²) in [6, 6.07) is 0.440. The highest BCUT2D eigenvalue weighted by molar-refractivity contribution is 7.99. The lowest BCUT2D eigenvalue weighted by atomic mass is 10.5. The first-order chi connectivity index (χ1) is 7.18. The van der Waals surface area contributed by atoms with E-state index in [4.69, 9.17) is 5.11 Å². The second kappa shape index (κ2) is 4.18. The van der Waals surface area contributed by atoms with Gasteiger partial charge >= 0.3 is 5.97 Å². The number of hydrogen-bond acceptors (Lipinski definition) is 5. The van der Waals surface area contributed by atoms with Gasteiger partial charge in [0, 0.05) is 0 Å². The van der Waals surface area contributed by atoms with Crippen molar-refractivity contribution in [3.63, 3.8) is 0 Å². The van der Waals surface area contributed by atoms with Crippen LogP contribution in [0, 0.1) is 0 Å². The van der Waals surface area contributed by atoms with Gasteiger partial charge in [0.15, 0.2) is 5.82 Å². The van der Waals surface area contributed by atoms with Crippen LogP contribution in [0.3, 0.4) is 0 Å². The zero-order valence-corrected chi connectivity index (χ0v) is 9.15. The Bertz CT molecular complexity index is 363. The summed E-state index contributed by atoms with van der Waals surface area (Å²) in [5.74, 6) is 0.526. The molecule has 82 valence electrons. The molecule has 0 bridgehead atoms. The lowest BCUT2D eigenvalue weighted by molar-refractivity contribution is -0.136. The average molecular weight is 228 g/mol. The Morgan fingerprint density at radius 1 is 1.73 bits per heavy atom. The topological polar surface area (TPSA) is 80.9 Å². The van der Waals surface area contributed by atoms with Gasteiger partial charge in [0.2, 0.25) is 0 Å². The van der Waals surface area contributed by atoms with Gasteiger partial charge in [-0.2, -0.15) is 0 Å². The highest BCUT2D eigenvalue weighted by atomic mass is 32.2. The summed E-state index contributed by atoms with van der Waals surface area (Å²) in [7, 11) is 0. The van der Waals surface area contributed by atoms with Gasteiger partial charge in [-0.15, -0.1) is 16.9 Å². The van der Waals surface area contributed by atoms with Crippen molar-refractivity contribution in [2.24, 2.45) is 0 Å². The fourth-order valence-electron chi connectivity index (χ4n) is 1.18. The van der Waals surface area contributed by atoms with Crippen LogP contribution >= 0.6 is 11.8 Å². The van der Waals surface area contributed by atoms with Crippen molar-refractivity contribution in [3.8, 4) is 0 Å². The fraction of sp³-hybridized carbons (Fsp3) is 0.750. The summed E-state index contributed by atoms with van der Waals surface area (Å²) < 4.78 is 1.81. The van der Waals surface area contributed by atoms with Crippen LogP contribution in [0.4, 0.5) is 0 Å². The second-order valence-electron chi connectivity index (χ2n) is 3.56. The number of thioether (sulfide) groups is 1. The number of aliphatic carboxylic acids is 1. The zero-order chi connectivity index (χ0) is 10.8. The lowest BCUT2D eigenvalue weighted by Gasteiger charge is -2.05. The van der Waals surface area contributed by atoms with Crippen LogP contribution in [0.25, 0.3) is 0 Å². The third-order valence-corrected chi connectivity index (χ3v) is 3.39. The number of nitrogens with zero attached hydrogens (tertiary/aromatic N) is 4. The quantitative estimate of drug-likeness (QED) is 0.799. The summed E-state index contributed by atoms with van der Waals surface area (Å²) in [5, 5.41) is 19.7. The minimum Gasteiger partial charge on any atom is -0.480 e. The molecular formula is C8H12N4O2S. The van der Waals surface area contributed by atoms with Crippen molar-refractivity contribution in [2.75, 3.05) is 0 Å². The number of tetrazole rings is 1. The molecule has 1 N–H and O–H groups in total. The number of hydrogen-bond donors (Lipinski definition) is 1. The van der Waals surface area contributed by atoms with Gasteiger partial charge < -0.3 is 5.11 Å². The Morgan fingerprint density at radius 2 is 2.47 bits per heavy atom. The van der Waals surface area contributed by atoms with Gasteiger partial charge in [-0.05, 0) is 30.2 Å². The summed E-state index contributed by atoms with van der Waals surface area (Å²) >= 11 is 1.34. The highest BCUT2D eigenvalue weighted by Crippen LogP contribution is 2.35. The average Bonchev–Trinajstić information content (AvgIpc) is 2.94. The molecule has 6 nitrogen and oxygen atoms in total. The number of rotatable bonds is 5. The van der Waals surface area contributed by atoms with Crippen LogP contribution in [-0.2, 0) is 10.5 Å². The Balaban J connectivity index is 1.92. The maximum absolute atomic E-state index is 10.6. The van der Waals surface area contributed by atoms with E-state index in [-0.39, 0.29) is 0 Å². The van der Waals surface area contributed by atoms with Crippen molar-refractivity contribution in [1.29, 1.82) is 0 Å². The molecule has 1 saturated carbocycles. The van der Waals surface area contributed by atoms with E-state index in [2.05, 4.69) is 15.5 Å². The molecule has 1 fully saturated rings. The zero-order valence-electron chi connectivity index (χ0n) is 8.33. The molecule has 0 saturated heterocycles. The summed E-state index contributed by atoms with van der Waals surface area (Å²) in [4.78, 5) is 10.6. The first-order valence-corrected chi connectivity index (χ1v) is 5.84. The van der Waals surface area contributed by atoms with E-state index in [0.717, 1.165) is 18.7 Å². The number of aromatic nitrogens is 4. The highest BCUT2D eigenvalue weighted by Gasteiger charge is 2.27. The van der Waals surface area contributed by atoms with E-state index in [1.54, 1.807) is 6.92 Å². The van der Waals surface area contributed by atoms with Crippen LogP contribution in [0.2, 0.25) is 0 Å². The monoisotopic (exact) mass is 228 g/mol. The van der Waals surface area contributed by atoms with E-state index in [1.165, 1.54) is 11.8 Å². The van der Waals surface area contributed by atoms with Crippen molar-refractivity contribution in [2.45, 2.75) is 36.8 Å². The third-order valence-electron chi connectivity index (χ3n) is 2.26. The molecule has 1 aromatic rings. The van der Waals surface area contributed by atoms with Gasteiger partial charge in [0.25, 0.3) is 0 Å². The van der Waals surface area contributed by atoms with Crippen LogP contribution in [0.15, 0.2) is 0 Å². The Morgan fingerprint density at radius 3 is 3.07 bits per heavy atom. The van der Waals surface area contributed by atoms with Crippen LogP contribution in [-0.4, -0.2) is 36.5 Å². The van der Waals surface area contributed by atoms with Gasteiger partial charge in [-0.1, -0.05) is 0 Å². The van der Waals surface area contributed by atoms with Crippen molar-refractivity contribution in [1.82, 2.24) is 20.2 Å². The largest absolute Gasteiger partial charge is 0.480 e. The number of carboxylic acids is 1. The normalized spacial score (nSPS) is 17.7. The Labute approximate surface area is 91.0 Å². The second-order valence-corrected chi connectivity index (χ2v) is 4.89. The molecule has 1 unspecified atom stereocenters. The maximum atomic E-state index is 10.6. The molecule has 0 amide bonds. The Hall–Kier alpha value is -1.11. The molecule has 0 spiro atoms. The predicted molar refractivity (Wildman–Crippen MR) is 54.5 cm³/mol. The third kappa shape index (κ3) is 2.47. The maximum Gasteiger partial charge on any atom is 0.316 e. The van der Waals surface area contributed by atoms with Gasteiger partial charge in [-0.3, -0.25) is 4.79 Å². The van der Waals surface area contributed by atoms with Crippen molar-refractivity contribution >= 4 is 17.7 Å². The number of carboxylic acid groups (broad SMARTS) is 1. The van der Waals surface area contributed by atoms with Crippen molar-refractivity contribution < 1.29 is 9.90 Å². The molecule has 7 heteroatoms. The molecule has 1 atom stereocenters. The van der Waals surface area contributed by atoms with Crippen LogP contribution in [0.5, 0.6) is 0 Å². The van der Waals surface area contributed by atoms with E-state index < -0.39 is 11.2 Å². The minimum atomic E-state index is -0.801. The summed E-state index contributed by atoms with van der Waals surface area (Å²) in [5.41, 5.74) is 0. The van der Waals surface area contributed by atoms with Crippen molar-refractivity contribution in [3.05, 3.63) is 5.82 Å². The molecule has 2 rings (SSSR count).